The number of nitrogens with one attached hydrogen (secondary N) is 1. The van der Waals surface area contributed by atoms with Crippen molar-refractivity contribution >= 4 is 27.3 Å². The molecule has 124 valence electrons. The third kappa shape index (κ3) is 4.01. The first kappa shape index (κ1) is 17.1. The second kappa shape index (κ2) is 7.88. The van der Waals surface area contributed by atoms with Gasteiger partial charge in [-0.15, -0.1) is 11.3 Å². The van der Waals surface area contributed by atoms with Gasteiger partial charge in [0, 0.05) is 28.6 Å². The molecule has 1 unspecified atom stereocenters. The Bertz CT molecular complexity index is 807. The molecule has 0 aliphatic carbocycles. The zero-order valence-corrected chi connectivity index (χ0v) is 15.9. The van der Waals surface area contributed by atoms with Crippen molar-refractivity contribution in [3.05, 3.63) is 63.8 Å². The molecule has 3 rings (SSSR count). The average Bonchev–Trinajstić information content (AvgIpc) is 3.09. The molecule has 0 fully saturated rings. The first-order chi connectivity index (χ1) is 11.7. The predicted octanol–water partition coefficient (Wildman–Crippen LogP) is 4.83. The Labute approximate surface area is 154 Å². The molecule has 0 aliphatic heterocycles. The lowest BCUT2D eigenvalue weighted by Crippen LogP contribution is -2.19. The van der Waals surface area contributed by atoms with Gasteiger partial charge in [-0.2, -0.15) is 0 Å². The third-order valence-electron chi connectivity index (χ3n) is 3.66. The monoisotopic (exact) mass is 403 g/mol. The Kier molecular flexibility index (Phi) is 5.60. The lowest BCUT2D eigenvalue weighted by atomic mass is 10.2. The summed E-state index contributed by atoms with van der Waals surface area (Å²) >= 11 is 5.13. The number of hydrogen-bond acceptors (Lipinski definition) is 5. The van der Waals surface area contributed by atoms with Crippen LogP contribution in [0.15, 0.2) is 52.4 Å². The lowest BCUT2D eigenvalue weighted by molar-refractivity contribution is 0.416. The van der Waals surface area contributed by atoms with Crippen molar-refractivity contribution in [1.82, 2.24) is 15.3 Å². The molecule has 0 amide bonds. The minimum Gasteiger partial charge on any atom is -0.496 e. The van der Waals surface area contributed by atoms with Crippen LogP contribution in [0.4, 0.5) is 0 Å². The Hall–Kier alpha value is -1.76. The number of halogens is 1. The van der Waals surface area contributed by atoms with Crippen LogP contribution >= 0.6 is 27.3 Å². The number of pyridine rings is 1. The second-order valence-electron chi connectivity index (χ2n) is 5.35. The zero-order chi connectivity index (χ0) is 16.9. The molecular weight excluding hydrogens is 386 g/mol. The highest BCUT2D eigenvalue weighted by atomic mass is 79.9. The normalized spacial score (nSPS) is 12.1. The zero-order valence-electron chi connectivity index (χ0n) is 13.5. The van der Waals surface area contributed by atoms with Crippen LogP contribution in [0.3, 0.4) is 0 Å². The molecule has 0 radical (unpaired) electrons. The molecule has 0 bridgehead atoms. The van der Waals surface area contributed by atoms with Crippen molar-refractivity contribution in [1.29, 1.82) is 0 Å². The summed E-state index contributed by atoms with van der Waals surface area (Å²) in [6.07, 6.45) is 1.81. The quantitative estimate of drug-likeness (QED) is 0.640. The molecule has 1 aromatic carbocycles. The number of rotatable bonds is 6. The smallest absolute Gasteiger partial charge is 0.129 e. The van der Waals surface area contributed by atoms with Crippen LogP contribution in [0, 0.1) is 0 Å². The summed E-state index contributed by atoms with van der Waals surface area (Å²) in [5.41, 5.74) is 3.04. The molecular formula is C18H18BrN3OS. The molecule has 1 atom stereocenters. The van der Waals surface area contributed by atoms with Gasteiger partial charge in [0.15, 0.2) is 0 Å². The van der Waals surface area contributed by atoms with Crippen LogP contribution in [0.2, 0.25) is 0 Å². The van der Waals surface area contributed by atoms with Crippen molar-refractivity contribution in [3.8, 4) is 16.3 Å². The first-order valence-corrected chi connectivity index (χ1v) is 9.27. The van der Waals surface area contributed by atoms with Gasteiger partial charge in [-0.1, -0.05) is 22.0 Å². The maximum atomic E-state index is 5.44. The average molecular weight is 404 g/mol. The molecule has 24 heavy (non-hydrogen) atoms. The first-order valence-electron chi connectivity index (χ1n) is 7.60. The van der Waals surface area contributed by atoms with Crippen LogP contribution in [0.5, 0.6) is 5.75 Å². The molecule has 4 nitrogen and oxygen atoms in total. The van der Waals surface area contributed by atoms with Gasteiger partial charge in [0.25, 0.3) is 0 Å². The third-order valence-corrected chi connectivity index (χ3v) is 5.08. The van der Waals surface area contributed by atoms with Crippen molar-refractivity contribution < 1.29 is 4.74 Å². The van der Waals surface area contributed by atoms with Crippen LogP contribution in [-0.4, -0.2) is 17.1 Å². The Balaban J connectivity index is 1.71. The Morgan fingerprint density at radius 3 is 2.92 bits per heavy atom. The maximum Gasteiger partial charge on any atom is 0.129 e. The predicted molar refractivity (Wildman–Crippen MR) is 101 cm³/mol. The molecule has 2 aromatic heterocycles. The number of nitrogens with zero attached hydrogens (tertiary/aromatic N) is 2. The van der Waals surface area contributed by atoms with Gasteiger partial charge >= 0.3 is 0 Å². The van der Waals surface area contributed by atoms with E-state index in [-0.39, 0.29) is 6.04 Å². The summed E-state index contributed by atoms with van der Waals surface area (Å²) in [6.45, 7) is 2.80. The summed E-state index contributed by atoms with van der Waals surface area (Å²) in [5.74, 6) is 0.828. The van der Waals surface area contributed by atoms with Gasteiger partial charge in [-0.3, -0.25) is 4.98 Å². The van der Waals surface area contributed by atoms with Gasteiger partial charge in [-0.05, 0) is 37.3 Å². The van der Waals surface area contributed by atoms with E-state index in [1.165, 1.54) is 0 Å². The summed E-state index contributed by atoms with van der Waals surface area (Å²) < 4.78 is 6.45. The minimum atomic E-state index is 0.178. The highest BCUT2D eigenvalue weighted by Crippen LogP contribution is 2.34. The molecule has 0 spiro atoms. The number of thiazole rings is 1. The summed E-state index contributed by atoms with van der Waals surface area (Å²) in [4.78, 5) is 9.10. The molecule has 1 N–H and O–H groups in total. The van der Waals surface area contributed by atoms with Gasteiger partial charge in [0.2, 0.25) is 0 Å². The fourth-order valence-corrected chi connectivity index (χ4v) is 3.55. The standard InChI is InChI=1S/C18H18BrN3OS/c1-12(16-5-3-4-8-20-16)21-10-14-11-24-18(22-14)15-9-13(19)6-7-17(15)23-2/h3-9,11-12,21H,10H2,1-2H3. The lowest BCUT2D eigenvalue weighted by Gasteiger charge is -2.11. The summed E-state index contributed by atoms with van der Waals surface area (Å²) in [5, 5.41) is 6.49. The highest BCUT2D eigenvalue weighted by Gasteiger charge is 2.12. The van der Waals surface area contributed by atoms with Crippen molar-refractivity contribution in [3.63, 3.8) is 0 Å². The summed E-state index contributed by atoms with van der Waals surface area (Å²) in [7, 11) is 1.68. The summed E-state index contributed by atoms with van der Waals surface area (Å²) in [6, 6.07) is 12.1. The number of benzene rings is 1. The minimum absolute atomic E-state index is 0.178. The van der Waals surface area contributed by atoms with E-state index in [1.807, 2.05) is 42.6 Å². The fourth-order valence-electron chi connectivity index (χ4n) is 2.35. The topological polar surface area (TPSA) is 47.0 Å². The van der Waals surface area contributed by atoms with E-state index in [0.29, 0.717) is 6.54 Å². The van der Waals surface area contributed by atoms with Crippen molar-refractivity contribution in [2.45, 2.75) is 19.5 Å². The SMILES string of the molecule is COc1ccc(Br)cc1-c1nc(CNC(C)c2ccccn2)cs1. The van der Waals surface area contributed by atoms with E-state index in [0.717, 1.165) is 32.2 Å². The van der Waals surface area contributed by atoms with E-state index in [4.69, 9.17) is 9.72 Å². The fraction of sp³-hybridized carbons (Fsp3) is 0.222. The van der Waals surface area contributed by atoms with Crippen LogP contribution in [-0.2, 0) is 6.54 Å². The number of aromatic nitrogens is 2. The van der Waals surface area contributed by atoms with E-state index < -0.39 is 0 Å². The van der Waals surface area contributed by atoms with E-state index in [9.17, 15) is 0 Å². The van der Waals surface area contributed by atoms with Crippen LogP contribution in [0.1, 0.15) is 24.4 Å². The molecule has 0 saturated carbocycles. The Morgan fingerprint density at radius 1 is 1.29 bits per heavy atom. The Morgan fingerprint density at radius 2 is 2.17 bits per heavy atom. The van der Waals surface area contributed by atoms with Crippen LogP contribution < -0.4 is 10.1 Å². The van der Waals surface area contributed by atoms with E-state index in [2.05, 4.69) is 38.5 Å². The molecule has 0 aliphatic rings. The molecule has 2 heterocycles. The number of ether oxygens (including phenoxy) is 1. The maximum absolute atomic E-state index is 5.44. The van der Waals surface area contributed by atoms with E-state index in [1.54, 1.807) is 18.4 Å². The van der Waals surface area contributed by atoms with E-state index >= 15 is 0 Å². The van der Waals surface area contributed by atoms with Crippen LogP contribution in [0.25, 0.3) is 10.6 Å². The van der Waals surface area contributed by atoms with Gasteiger partial charge in [-0.25, -0.2) is 4.98 Å². The van der Waals surface area contributed by atoms with Gasteiger partial charge in [0.05, 0.1) is 24.1 Å². The number of hydrogen-bond donors (Lipinski definition) is 1. The molecule has 6 heteroatoms. The number of methoxy groups -OCH3 is 1. The van der Waals surface area contributed by atoms with Crippen molar-refractivity contribution in [2.24, 2.45) is 0 Å². The molecule has 0 saturated heterocycles. The van der Waals surface area contributed by atoms with Gasteiger partial charge < -0.3 is 10.1 Å². The second-order valence-corrected chi connectivity index (χ2v) is 7.12. The van der Waals surface area contributed by atoms with Gasteiger partial charge in [0.1, 0.15) is 10.8 Å². The largest absolute Gasteiger partial charge is 0.496 e. The van der Waals surface area contributed by atoms with Crippen molar-refractivity contribution in [2.75, 3.05) is 7.11 Å². The highest BCUT2D eigenvalue weighted by molar-refractivity contribution is 9.10. The molecule has 3 aromatic rings.